The lowest BCUT2D eigenvalue weighted by Crippen LogP contribution is -1.97. The molecule has 1 atom stereocenters. The van der Waals surface area contributed by atoms with Gasteiger partial charge in [-0.05, 0) is 24.9 Å². The van der Waals surface area contributed by atoms with Gasteiger partial charge in [-0.1, -0.05) is 11.4 Å². The fourth-order valence-corrected chi connectivity index (χ4v) is 1.73. The number of hydrogen-bond acceptors (Lipinski definition) is 4. The van der Waals surface area contributed by atoms with Crippen molar-refractivity contribution in [1.82, 2.24) is 9.59 Å². The van der Waals surface area contributed by atoms with Crippen LogP contribution in [0.2, 0.25) is 0 Å². The summed E-state index contributed by atoms with van der Waals surface area (Å²) in [6, 6.07) is 0. The Morgan fingerprint density at radius 3 is 3.00 bits per heavy atom. The number of aliphatic hydroxyl groups excluding tert-OH is 1. The van der Waals surface area contributed by atoms with Gasteiger partial charge < -0.3 is 5.11 Å². The summed E-state index contributed by atoms with van der Waals surface area (Å²) in [6.45, 7) is 3.76. The molecular formula is C9H12N2OS. The normalized spacial score (nSPS) is 11.9. The molecule has 0 amide bonds. The highest BCUT2D eigenvalue weighted by atomic mass is 32.1. The van der Waals surface area contributed by atoms with Crippen molar-refractivity contribution in [3.63, 3.8) is 0 Å². The molecule has 70 valence electrons. The van der Waals surface area contributed by atoms with Gasteiger partial charge >= 0.3 is 0 Å². The zero-order valence-corrected chi connectivity index (χ0v) is 8.56. The summed E-state index contributed by atoms with van der Waals surface area (Å²) >= 11 is 1.25. The van der Waals surface area contributed by atoms with Crippen LogP contribution in [0, 0.1) is 11.8 Å². The number of aryl methyl sites for hydroxylation is 1. The Morgan fingerprint density at radius 2 is 2.38 bits per heavy atom. The topological polar surface area (TPSA) is 46.0 Å². The lowest BCUT2D eigenvalue weighted by molar-refractivity contribution is 0.186. The summed E-state index contributed by atoms with van der Waals surface area (Å²) in [6.07, 6.45) is 0.748. The number of aromatic nitrogens is 2. The van der Waals surface area contributed by atoms with Crippen LogP contribution in [0.3, 0.4) is 0 Å². The molecule has 0 fully saturated rings. The summed E-state index contributed by atoms with van der Waals surface area (Å²) in [7, 11) is 0. The fourth-order valence-electron chi connectivity index (χ4n) is 1.01. The Labute approximate surface area is 82.0 Å². The maximum Gasteiger partial charge on any atom is 0.103 e. The minimum absolute atomic E-state index is 0.466. The Morgan fingerprint density at radius 1 is 1.62 bits per heavy atom. The molecule has 0 aromatic carbocycles. The SMILES string of the molecule is CC#CCC(O)c1snnc1CC. The third kappa shape index (κ3) is 2.51. The molecule has 3 nitrogen and oxygen atoms in total. The number of hydrogen-bond donors (Lipinski definition) is 1. The summed E-state index contributed by atoms with van der Waals surface area (Å²) in [4.78, 5) is 0.852. The number of nitrogens with zero attached hydrogens (tertiary/aromatic N) is 2. The Balaban J connectivity index is 2.73. The van der Waals surface area contributed by atoms with Crippen LogP contribution >= 0.6 is 11.5 Å². The number of rotatable bonds is 3. The van der Waals surface area contributed by atoms with Gasteiger partial charge in [0.15, 0.2) is 0 Å². The molecule has 1 N–H and O–H groups in total. The molecule has 1 aromatic heterocycles. The smallest absolute Gasteiger partial charge is 0.103 e. The summed E-state index contributed by atoms with van der Waals surface area (Å²) in [5, 5.41) is 13.6. The minimum atomic E-state index is -0.526. The minimum Gasteiger partial charge on any atom is -0.386 e. The van der Waals surface area contributed by atoms with Crippen molar-refractivity contribution in [2.75, 3.05) is 0 Å². The third-order valence-electron chi connectivity index (χ3n) is 1.69. The standard InChI is InChI=1S/C9H12N2OS/c1-3-5-6-8(12)9-7(4-2)10-11-13-9/h8,12H,4,6H2,1-2H3. The average Bonchev–Trinajstić information content (AvgIpc) is 2.61. The van der Waals surface area contributed by atoms with Gasteiger partial charge in [0.05, 0.1) is 10.6 Å². The van der Waals surface area contributed by atoms with Crippen molar-refractivity contribution >= 4 is 11.5 Å². The summed E-state index contributed by atoms with van der Waals surface area (Å²) in [5.74, 6) is 5.59. The zero-order valence-electron chi connectivity index (χ0n) is 7.74. The first-order valence-corrected chi connectivity index (χ1v) is 4.95. The summed E-state index contributed by atoms with van der Waals surface area (Å²) in [5.41, 5.74) is 0.885. The van der Waals surface area contributed by atoms with Gasteiger partial charge in [0.2, 0.25) is 0 Å². The van der Waals surface area contributed by atoms with Crippen molar-refractivity contribution in [1.29, 1.82) is 0 Å². The fraction of sp³-hybridized carbons (Fsp3) is 0.556. The van der Waals surface area contributed by atoms with Gasteiger partial charge in [0.1, 0.15) is 6.10 Å². The predicted octanol–water partition coefficient (Wildman–Crippen LogP) is 1.55. The molecule has 1 rings (SSSR count). The Hall–Kier alpha value is -0.920. The molecule has 0 aliphatic carbocycles. The highest BCUT2D eigenvalue weighted by Gasteiger charge is 2.14. The molecule has 0 saturated heterocycles. The van der Waals surface area contributed by atoms with E-state index in [1.165, 1.54) is 11.5 Å². The lowest BCUT2D eigenvalue weighted by atomic mass is 10.1. The zero-order chi connectivity index (χ0) is 9.68. The third-order valence-corrected chi connectivity index (χ3v) is 2.56. The van der Waals surface area contributed by atoms with Crippen LogP contribution in [-0.4, -0.2) is 14.7 Å². The predicted molar refractivity (Wildman–Crippen MR) is 52.3 cm³/mol. The molecule has 1 unspecified atom stereocenters. The van der Waals surface area contributed by atoms with E-state index in [2.05, 4.69) is 21.4 Å². The van der Waals surface area contributed by atoms with Crippen LogP contribution in [-0.2, 0) is 6.42 Å². The first-order valence-electron chi connectivity index (χ1n) is 4.18. The molecular weight excluding hydrogens is 184 g/mol. The Bertz CT molecular complexity index is 324. The van der Waals surface area contributed by atoms with E-state index in [0.717, 1.165) is 17.0 Å². The van der Waals surface area contributed by atoms with Gasteiger partial charge in [-0.3, -0.25) is 0 Å². The van der Waals surface area contributed by atoms with E-state index in [4.69, 9.17) is 0 Å². The Kier molecular flexibility index (Phi) is 3.87. The molecule has 0 bridgehead atoms. The maximum absolute atomic E-state index is 9.68. The highest BCUT2D eigenvalue weighted by Crippen LogP contribution is 2.22. The molecule has 1 heterocycles. The van der Waals surface area contributed by atoms with Crippen LogP contribution in [0.1, 0.15) is 36.9 Å². The monoisotopic (exact) mass is 196 g/mol. The van der Waals surface area contributed by atoms with E-state index < -0.39 is 6.10 Å². The van der Waals surface area contributed by atoms with Crippen LogP contribution in [0.15, 0.2) is 0 Å². The van der Waals surface area contributed by atoms with E-state index in [-0.39, 0.29) is 0 Å². The molecule has 4 heteroatoms. The van der Waals surface area contributed by atoms with Crippen LogP contribution in [0.4, 0.5) is 0 Å². The van der Waals surface area contributed by atoms with Crippen molar-refractivity contribution in [2.45, 2.75) is 32.8 Å². The molecule has 0 aliphatic heterocycles. The van der Waals surface area contributed by atoms with E-state index in [1.54, 1.807) is 6.92 Å². The second kappa shape index (κ2) is 4.95. The van der Waals surface area contributed by atoms with Crippen molar-refractivity contribution in [3.8, 4) is 11.8 Å². The van der Waals surface area contributed by atoms with E-state index in [1.807, 2.05) is 6.92 Å². The van der Waals surface area contributed by atoms with E-state index in [0.29, 0.717) is 6.42 Å². The number of aliphatic hydroxyl groups is 1. The van der Waals surface area contributed by atoms with Crippen LogP contribution in [0.5, 0.6) is 0 Å². The maximum atomic E-state index is 9.68. The van der Waals surface area contributed by atoms with Gasteiger partial charge in [-0.2, -0.15) is 0 Å². The van der Waals surface area contributed by atoms with Crippen LogP contribution < -0.4 is 0 Å². The largest absolute Gasteiger partial charge is 0.386 e. The van der Waals surface area contributed by atoms with Crippen molar-refractivity contribution in [3.05, 3.63) is 10.6 Å². The highest BCUT2D eigenvalue weighted by molar-refractivity contribution is 7.05. The molecule has 0 radical (unpaired) electrons. The van der Waals surface area contributed by atoms with Crippen LogP contribution in [0.25, 0.3) is 0 Å². The van der Waals surface area contributed by atoms with Gasteiger partial charge in [-0.25, -0.2) is 0 Å². The van der Waals surface area contributed by atoms with Gasteiger partial charge in [-0.15, -0.1) is 16.9 Å². The van der Waals surface area contributed by atoms with E-state index in [9.17, 15) is 5.11 Å². The second-order valence-electron chi connectivity index (χ2n) is 2.58. The molecule has 1 aromatic rings. The molecule has 0 saturated carbocycles. The molecule has 13 heavy (non-hydrogen) atoms. The lowest BCUT2D eigenvalue weighted by Gasteiger charge is -2.03. The van der Waals surface area contributed by atoms with Gasteiger partial charge in [0.25, 0.3) is 0 Å². The first-order chi connectivity index (χ1) is 6.29. The van der Waals surface area contributed by atoms with E-state index >= 15 is 0 Å². The quantitative estimate of drug-likeness (QED) is 0.746. The van der Waals surface area contributed by atoms with Crippen molar-refractivity contribution in [2.24, 2.45) is 0 Å². The molecule has 0 spiro atoms. The van der Waals surface area contributed by atoms with Crippen molar-refractivity contribution < 1.29 is 5.11 Å². The summed E-state index contributed by atoms with van der Waals surface area (Å²) < 4.78 is 3.81. The van der Waals surface area contributed by atoms with Gasteiger partial charge in [0, 0.05) is 6.42 Å². The first kappa shape index (κ1) is 10.2. The molecule has 0 aliphatic rings. The average molecular weight is 196 g/mol. The second-order valence-corrected chi connectivity index (χ2v) is 3.37.